The molecule has 0 aliphatic carbocycles. The van der Waals surface area contributed by atoms with E-state index in [9.17, 15) is 9.90 Å². The number of carbonyl (C=O) groups is 1. The molecule has 7 N–H and O–H groups in total. The second kappa shape index (κ2) is 9.04. The maximum Gasteiger partial charge on any atom is 0.337 e. The van der Waals surface area contributed by atoms with Gasteiger partial charge in [-0.3, -0.25) is 0 Å². The van der Waals surface area contributed by atoms with Gasteiger partial charge < -0.3 is 31.9 Å². The van der Waals surface area contributed by atoms with Crippen molar-refractivity contribution in [3.05, 3.63) is 82.8 Å². The highest BCUT2D eigenvalue weighted by atomic mass is 16.5. The van der Waals surface area contributed by atoms with Crippen LogP contribution < -0.4 is 17.2 Å². The highest BCUT2D eigenvalue weighted by Crippen LogP contribution is 2.36. The van der Waals surface area contributed by atoms with E-state index in [2.05, 4.69) is 11.8 Å². The fraction of sp³-hybridized carbons (Fsp3) is 0.292. The standard InChI is InChI=1S/C24H30N4O3/c1-24(17-10-8-16(9-11-17)23(30)31-2)12-5-13-28(15-24)20(22(26)27)14-19(25)18-6-3-4-7-21(18)29/h3-4,6-11,14,29H,5,12-13,15,25-27H2,1-2H3/b19-14-. The van der Waals surface area contributed by atoms with Gasteiger partial charge in [0.15, 0.2) is 0 Å². The van der Waals surface area contributed by atoms with Gasteiger partial charge in [-0.15, -0.1) is 0 Å². The number of hydrogen-bond acceptors (Lipinski definition) is 7. The number of likely N-dealkylation sites (tertiary alicyclic amines) is 1. The smallest absolute Gasteiger partial charge is 0.337 e. The molecule has 1 aliphatic rings. The Kier molecular flexibility index (Phi) is 6.44. The number of phenols is 1. The number of hydrogen-bond donors (Lipinski definition) is 4. The van der Waals surface area contributed by atoms with Gasteiger partial charge in [-0.05, 0) is 48.7 Å². The van der Waals surface area contributed by atoms with Crippen LogP contribution in [0.4, 0.5) is 0 Å². The van der Waals surface area contributed by atoms with Crippen molar-refractivity contribution >= 4 is 11.7 Å². The summed E-state index contributed by atoms with van der Waals surface area (Å²) in [4.78, 5) is 13.9. The number of nitrogens with two attached hydrogens (primary N) is 3. The summed E-state index contributed by atoms with van der Waals surface area (Å²) in [7, 11) is 1.37. The number of benzene rings is 2. The summed E-state index contributed by atoms with van der Waals surface area (Å²) in [6.07, 6.45) is 3.64. The first-order valence-corrected chi connectivity index (χ1v) is 10.2. The second-order valence-electron chi connectivity index (χ2n) is 8.11. The van der Waals surface area contributed by atoms with E-state index in [1.165, 1.54) is 7.11 Å². The minimum atomic E-state index is -0.354. The van der Waals surface area contributed by atoms with Gasteiger partial charge in [0.05, 0.1) is 18.4 Å². The summed E-state index contributed by atoms with van der Waals surface area (Å²) in [5.74, 6) is -0.0862. The van der Waals surface area contributed by atoms with E-state index in [-0.39, 0.29) is 23.0 Å². The van der Waals surface area contributed by atoms with Crippen LogP contribution in [0.25, 0.3) is 5.70 Å². The van der Waals surface area contributed by atoms with Gasteiger partial charge in [-0.1, -0.05) is 31.2 Å². The zero-order valence-electron chi connectivity index (χ0n) is 18.0. The van der Waals surface area contributed by atoms with Crippen molar-refractivity contribution in [1.82, 2.24) is 4.90 Å². The Hall–Kier alpha value is -3.61. The zero-order valence-corrected chi connectivity index (χ0v) is 18.0. The lowest BCUT2D eigenvalue weighted by molar-refractivity contribution is 0.0600. The first kappa shape index (κ1) is 22.1. The van der Waals surface area contributed by atoms with E-state index < -0.39 is 0 Å². The molecular formula is C24H30N4O3. The molecule has 0 amide bonds. The van der Waals surface area contributed by atoms with Crippen molar-refractivity contribution in [2.75, 3.05) is 20.2 Å². The van der Waals surface area contributed by atoms with E-state index in [4.69, 9.17) is 21.9 Å². The summed E-state index contributed by atoms with van der Waals surface area (Å²) in [6, 6.07) is 14.4. The van der Waals surface area contributed by atoms with Crippen LogP contribution >= 0.6 is 0 Å². The van der Waals surface area contributed by atoms with Gasteiger partial charge in [0.25, 0.3) is 0 Å². The SMILES string of the molecule is COC(=O)c1ccc(C2(C)CCCN(C(/C=C(\N)c3ccccc3O)=C(N)N)C2)cc1. The van der Waals surface area contributed by atoms with Crippen molar-refractivity contribution in [2.45, 2.75) is 25.2 Å². The van der Waals surface area contributed by atoms with Crippen LogP contribution in [0.3, 0.4) is 0 Å². The van der Waals surface area contributed by atoms with E-state index in [0.717, 1.165) is 24.9 Å². The summed E-state index contributed by atoms with van der Waals surface area (Å²) in [6.45, 7) is 3.66. The van der Waals surface area contributed by atoms with Crippen molar-refractivity contribution in [3.63, 3.8) is 0 Å². The number of esters is 1. The van der Waals surface area contributed by atoms with E-state index in [1.54, 1.807) is 42.5 Å². The van der Waals surface area contributed by atoms with Crippen LogP contribution in [0, 0.1) is 0 Å². The normalized spacial score (nSPS) is 19.0. The molecule has 0 saturated carbocycles. The molecule has 2 aromatic rings. The topological polar surface area (TPSA) is 128 Å². The average molecular weight is 423 g/mol. The third-order valence-corrected chi connectivity index (χ3v) is 5.84. The number of piperidine rings is 1. The third kappa shape index (κ3) is 4.77. The number of methoxy groups -OCH3 is 1. The Labute approximate surface area is 182 Å². The Morgan fingerprint density at radius 2 is 1.81 bits per heavy atom. The minimum absolute atomic E-state index is 0.0976. The number of nitrogens with zero attached hydrogens (tertiary/aromatic N) is 1. The van der Waals surface area contributed by atoms with E-state index in [0.29, 0.717) is 29.1 Å². The monoisotopic (exact) mass is 422 g/mol. The number of allylic oxidation sites excluding steroid dienone is 1. The average Bonchev–Trinajstić information content (AvgIpc) is 2.77. The molecule has 7 nitrogen and oxygen atoms in total. The van der Waals surface area contributed by atoms with Crippen LogP contribution in [-0.4, -0.2) is 36.2 Å². The summed E-state index contributed by atoms with van der Waals surface area (Å²) in [5.41, 5.74) is 21.4. The molecule has 31 heavy (non-hydrogen) atoms. The van der Waals surface area contributed by atoms with Crippen molar-refractivity contribution in [1.29, 1.82) is 0 Å². The second-order valence-corrected chi connectivity index (χ2v) is 8.11. The zero-order chi connectivity index (χ0) is 22.6. The molecule has 1 atom stereocenters. The largest absolute Gasteiger partial charge is 0.507 e. The van der Waals surface area contributed by atoms with Gasteiger partial charge in [0.2, 0.25) is 0 Å². The molecular weight excluding hydrogens is 392 g/mol. The number of rotatable bonds is 5. The van der Waals surface area contributed by atoms with E-state index in [1.807, 2.05) is 12.1 Å². The molecule has 1 aliphatic heterocycles. The fourth-order valence-electron chi connectivity index (χ4n) is 4.11. The quantitative estimate of drug-likeness (QED) is 0.431. The van der Waals surface area contributed by atoms with Crippen LogP contribution in [0.15, 0.2) is 66.1 Å². The summed E-state index contributed by atoms with van der Waals surface area (Å²) in [5, 5.41) is 10.1. The van der Waals surface area contributed by atoms with Crippen molar-refractivity contribution in [2.24, 2.45) is 17.2 Å². The maximum absolute atomic E-state index is 11.7. The lowest BCUT2D eigenvalue weighted by atomic mass is 9.75. The molecule has 1 fully saturated rings. The van der Waals surface area contributed by atoms with Crippen LogP contribution in [0.1, 0.15) is 41.3 Å². The lowest BCUT2D eigenvalue weighted by Crippen LogP contribution is -2.44. The fourth-order valence-corrected chi connectivity index (χ4v) is 4.11. The molecule has 164 valence electrons. The Morgan fingerprint density at radius 3 is 2.42 bits per heavy atom. The molecule has 0 radical (unpaired) electrons. The number of ether oxygens (including phenoxy) is 1. The van der Waals surface area contributed by atoms with Gasteiger partial charge in [-0.2, -0.15) is 0 Å². The maximum atomic E-state index is 11.7. The van der Waals surface area contributed by atoms with Gasteiger partial charge in [0, 0.05) is 29.8 Å². The molecule has 7 heteroatoms. The predicted octanol–water partition coefficient (Wildman–Crippen LogP) is 2.62. The summed E-state index contributed by atoms with van der Waals surface area (Å²) >= 11 is 0. The number of para-hydroxylation sites is 1. The highest BCUT2D eigenvalue weighted by molar-refractivity contribution is 5.89. The van der Waals surface area contributed by atoms with Crippen LogP contribution in [-0.2, 0) is 10.2 Å². The molecule has 3 rings (SSSR count). The van der Waals surface area contributed by atoms with Gasteiger partial charge in [-0.25, -0.2) is 4.79 Å². The first-order valence-electron chi connectivity index (χ1n) is 10.2. The highest BCUT2D eigenvalue weighted by Gasteiger charge is 2.34. The van der Waals surface area contributed by atoms with Crippen LogP contribution in [0.2, 0.25) is 0 Å². The molecule has 2 aromatic carbocycles. The van der Waals surface area contributed by atoms with E-state index >= 15 is 0 Å². The molecule has 0 aromatic heterocycles. The van der Waals surface area contributed by atoms with Gasteiger partial charge >= 0.3 is 5.97 Å². The summed E-state index contributed by atoms with van der Waals surface area (Å²) < 4.78 is 4.79. The number of phenolic OH excluding ortho intramolecular Hbond substituents is 1. The minimum Gasteiger partial charge on any atom is -0.507 e. The third-order valence-electron chi connectivity index (χ3n) is 5.84. The molecule has 0 bridgehead atoms. The van der Waals surface area contributed by atoms with Gasteiger partial charge in [0.1, 0.15) is 11.6 Å². The molecule has 0 spiro atoms. The molecule has 1 saturated heterocycles. The molecule has 1 heterocycles. The Balaban J connectivity index is 1.88. The Morgan fingerprint density at radius 1 is 1.13 bits per heavy atom. The number of carbonyl (C=O) groups excluding carboxylic acids is 1. The molecule has 1 unspecified atom stereocenters. The first-order chi connectivity index (χ1) is 14.7. The Bertz CT molecular complexity index is 1010. The lowest BCUT2D eigenvalue weighted by Gasteiger charge is -2.42. The number of aromatic hydroxyl groups is 1. The van der Waals surface area contributed by atoms with Crippen molar-refractivity contribution in [3.8, 4) is 5.75 Å². The van der Waals surface area contributed by atoms with Crippen molar-refractivity contribution < 1.29 is 14.6 Å². The van der Waals surface area contributed by atoms with Crippen LogP contribution in [0.5, 0.6) is 5.75 Å². The predicted molar refractivity (Wildman–Crippen MR) is 122 cm³/mol.